The molecular weight excluding hydrogens is 624 g/mol. The van der Waals surface area contributed by atoms with Crippen LogP contribution in [-0.2, 0) is 38.1 Å². The van der Waals surface area contributed by atoms with Crippen molar-refractivity contribution in [3.63, 3.8) is 0 Å². The molecular formula is C28H40Br2O8. The van der Waals surface area contributed by atoms with Gasteiger partial charge in [0.2, 0.25) is 0 Å². The van der Waals surface area contributed by atoms with Gasteiger partial charge < -0.3 is 18.9 Å². The Morgan fingerprint density at radius 2 is 1.42 bits per heavy atom. The number of ether oxygens (including phenoxy) is 4. The van der Waals surface area contributed by atoms with Crippen molar-refractivity contribution < 1.29 is 38.1 Å². The van der Waals surface area contributed by atoms with Crippen molar-refractivity contribution in [2.75, 3.05) is 31.8 Å². The van der Waals surface area contributed by atoms with Gasteiger partial charge in [-0.15, -0.1) is 6.58 Å². The lowest BCUT2D eigenvalue weighted by atomic mass is 9.80. The van der Waals surface area contributed by atoms with Gasteiger partial charge in [0.1, 0.15) is 0 Å². The predicted octanol–water partition coefficient (Wildman–Crippen LogP) is 5.99. The van der Waals surface area contributed by atoms with Gasteiger partial charge in [-0.2, -0.15) is 0 Å². The molecule has 1 aliphatic rings. The van der Waals surface area contributed by atoms with Crippen molar-refractivity contribution in [1.29, 1.82) is 0 Å². The molecule has 1 fully saturated rings. The standard InChI is InChI=1S/C14H20Br2O4.C14H20O4/c1-4-19-12(17)14(10-11(3)16,8-6-7-9-15)13(18)20-5-2;1-5-11-9-14(8-10(11)4,12(15)17-6-2)13(16)18-7-3/h6-7H,3-5,8-10H2,1-2H3;5,11H,1,4,6-9H2,2-3H3/b7-6+;. The van der Waals surface area contributed by atoms with E-state index in [9.17, 15) is 19.2 Å². The summed E-state index contributed by atoms with van der Waals surface area (Å²) in [5, 5.41) is 0.643. The number of carbonyl (C=O) groups excluding carboxylic acids is 4. The Labute approximate surface area is 243 Å². The van der Waals surface area contributed by atoms with Gasteiger partial charge in [-0.3, -0.25) is 19.2 Å². The minimum absolute atomic E-state index is 0.0428. The van der Waals surface area contributed by atoms with Crippen molar-refractivity contribution in [2.45, 2.75) is 53.4 Å². The fourth-order valence-electron chi connectivity index (χ4n) is 3.97. The Hall–Kier alpha value is -2.20. The maximum atomic E-state index is 12.3. The molecule has 0 bridgehead atoms. The molecule has 0 aliphatic heterocycles. The van der Waals surface area contributed by atoms with Crippen LogP contribution in [-0.4, -0.2) is 55.6 Å². The average molecular weight is 664 g/mol. The predicted molar refractivity (Wildman–Crippen MR) is 154 cm³/mol. The molecule has 38 heavy (non-hydrogen) atoms. The van der Waals surface area contributed by atoms with Crippen LogP contribution in [0.4, 0.5) is 0 Å². The molecule has 0 saturated heterocycles. The number of rotatable bonds is 14. The van der Waals surface area contributed by atoms with E-state index in [1.165, 1.54) is 0 Å². The first-order chi connectivity index (χ1) is 18.0. The first-order valence-electron chi connectivity index (χ1n) is 12.5. The summed E-state index contributed by atoms with van der Waals surface area (Å²) in [7, 11) is 0. The molecule has 0 aromatic rings. The average Bonchev–Trinajstić information content (AvgIpc) is 3.22. The lowest BCUT2D eigenvalue weighted by molar-refractivity contribution is -0.173. The van der Waals surface area contributed by atoms with Gasteiger partial charge in [0, 0.05) is 11.8 Å². The summed E-state index contributed by atoms with van der Waals surface area (Å²) < 4.78 is 20.7. The third-order valence-corrected chi connectivity index (χ3v) is 6.44. The normalized spacial score (nSPS) is 16.2. The van der Waals surface area contributed by atoms with E-state index in [1.807, 2.05) is 6.08 Å². The molecule has 0 spiro atoms. The van der Waals surface area contributed by atoms with Crippen LogP contribution in [0.25, 0.3) is 0 Å². The molecule has 0 N–H and O–H groups in total. The summed E-state index contributed by atoms with van der Waals surface area (Å²) >= 11 is 6.47. The molecule has 8 nitrogen and oxygen atoms in total. The summed E-state index contributed by atoms with van der Waals surface area (Å²) in [5.41, 5.74) is -1.79. The van der Waals surface area contributed by atoms with E-state index in [4.69, 9.17) is 18.9 Å². The van der Waals surface area contributed by atoms with Gasteiger partial charge in [-0.25, -0.2) is 0 Å². The molecule has 1 aliphatic carbocycles. The van der Waals surface area contributed by atoms with E-state index in [-0.39, 0.29) is 51.6 Å². The topological polar surface area (TPSA) is 105 Å². The lowest BCUT2D eigenvalue weighted by Gasteiger charge is -2.27. The molecule has 0 amide bonds. The molecule has 0 aromatic carbocycles. The van der Waals surface area contributed by atoms with Gasteiger partial charge >= 0.3 is 23.9 Å². The molecule has 0 radical (unpaired) electrons. The highest BCUT2D eigenvalue weighted by Gasteiger charge is 2.54. The quantitative estimate of drug-likeness (QED) is 0.0734. The number of halogens is 2. The first-order valence-corrected chi connectivity index (χ1v) is 14.4. The first kappa shape index (κ1) is 35.8. The second-order valence-corrected chi connectivity index (χ2v) is 10.2. The van der Waals surface area contributed by atoms with E-state index < -0.39 is 34.7 Å². The molecule has 1 atom stereocenters. The molecule has 1 rings (SSSR count). The van der Waals surface area contributed by atoms with Gasteiger partial charge in [0.25, 0.3) is 0 Å². The minimum atomic E-state index is -1.38. The van der Waals surface area contributed by atoms with Crippen LogP contribution in [0, 0.1) is 16.7 Å². The van der Waals surface area contributed by atoms with Gasteiger partial charge in [-0.05, 0) is 57.4 Å². The Morgan fingerprint density at radius 3 is 1.76 bits per heavy atom. The smallest absolute Gasteiger partial charge is 0.324 e. The molecule has 214 valence electrons. The fourth-order valence-corrected chi connectivity index (χ4v) is 4.72. The van der Waals surface area contributed by atoms with Crippen LogP contribution in [0.3, 0.4) is 0 Å². The summed E-state index contributed by atoms with van der Waals surface area (Å²) in [6, 6.07) is 0. The summed E-state index contributed by atoms with van der Waals surface area (Å²) in [6.45, 7) is 19.0. The highest BCUT2D eigenvalue weighted by Crippen LogP contribution is 2.47. The van der Waals surface area contributed by atoms with Crippen LogP contribution in [0.15, 0.2) is 48.0 Å². The molecule has 10 heteroatoms. The third-order valence-electron chi connectivity index (χ3n) is 5.79. The van der Waals surface area contributed by atoms with E-state index in [1.54, 1.807) is 39.8 Å². The summed E-state index contributed by atoms with van der Waals surface area (Å²) in [6.07, 6.45) is 6.26. The fraction of sp³-hybridized carbons (Fsp3) is 0.571. The third kappa shape index (κ3) is 9.84. The number of hydrogen-bond donors (Lipinski definition) is 0. The highest BCUT2D eigenvalue weighted by atomic mass is 79.9. The Bertz CT molecular complexity index is 857. The van der Waals surface area contributed by atoms with Crippen LogP contribution in [0.2, 0.25) is 0 Å². The van der Waals surface area contributed by atoms with Crippen molar-refractivity contribution in [2.24, 2.45) is 16.7 Å². The number of hydrogen-bond acceptors (Lipinski definition) is 8. The minimum Gasteiger partial charge on any atom is -0.465 e. The second-order valence-electron chi connectivity index (χ2n) is 8.45. The van der Waals surface area contributed by atoms with E-state index >= 15 is 0 Å². The van der Waals surface area contributed by atoms with Crippen molar-refractivity contribution in [1.82, 2.24) is 0 Å². The lowest BCUT2D eigenvalue weighted by Crippen LogP contribution is -2.42. The van der Waals surface area contributed by atoms with Crippen molar-refractivity contribution in [3.8, 4) is 0 Å². The maximum Gasteiger partial charge on any atom is 0.324 e. The monoisotopic (exact) mass is 662 g/mol. The van der Waals surface area contributed by atoms with Gasteiger partial charge in [0.15, 0.2) is 10.8 Å². The zero-order chi connectivity index (χ0) is 29.4. The van der Waals surface area contributed by atoms with Gasteiger partial charge in [-0.1, -0.05) is 68.8 Å². The molecule has 0 aromatic heterocycles. The highest BCUT2D eigenvalue weighted by molar-refractivity contribution is 9.11. The van der Waals surface area contributed by atoms with E-state index in [2.05, 4.69) is 51.6 Å². The Kier molecular flexibility index (Phi) is 17.1. The van der Waals surface area contributed by atoms with Crippen molar-refractivity contribution in [3.05, 3.63) is 48.0 Å². The van der Waals surface area contributed by atoms with E-state index in [0.29, 0.717) is 16.2 Å². The largest absolute Gasteiger partial charge is 0.465 e. The SMILES string of the molecule is C=C(Br)CC(C/C=C/CBr)(C(=O)OCC)C(=O)OCC.C=CC1CC(C(=O)OCC)(C(=O)OCC)CC1=C. The summed E-state index contributed by atoms with van der Waals surface area (Å²) in [5.74, 6) is -2.25. The number of alkyl halides is 1. The number of esters is 4. The molecule has 1 unspecified atom stereocenters. The van der Waals surface area contributed by atoms with Crippen molar-refractivity contribution >= 4 is 55.7 Å². The Balaban J connectivity index is 0.000000724. The molecule has 1 saturated carbocycles. The Morgan fingerprint density at radius 1 is 0.947 bits per heavy atom. The van der Waals surface area contributed by atoms with E-state index in [0.717, 1.165) is 5.57 Å². The van der Waals surface area contributed by atoms with Gasteiger partial charge in [0.05, 0.1) is 26.4 Å². The second kappa shape index (κ2) is 18.2. The summed E-state index contributed by atoms with van der Waals surface area (Å²) in [4.78, 5) is 48.7. The molecule has 0 heterocycles. The zero-order valence-corrected chi connectivity index (χ0v) is 26.0. The number of carbonyl (C=O) groups is 4. The maximum absolute atomic E-state index is 12.3. The van der Waals surface area contributed by atoms with Crippen LogP contribution in [0.1, 0.15) is 53.4 Å². The number of allylic oxidation sites excluding steroid dienone is 5. The van der Waals surface area contributed by atoms with Crippen LogP contribution in [0.5, 0.6) is 0 Å². The zero-order valence-electron chi connectivity index (χ0n) is 22.8. The van der Waals surface area contributed by atoms with Crippen LogP contribution < -0.4 is 0 Å². The van der Waals surface area contributed by atoms with Crippen LogP contribution >= 0.6 is 31.9 Å².